The molecule has 0 saturated carbocycles. The molecule has 4 heteroatoms. The van der Waals surface area contributed by atoms with E-state index >= 15 is 0 Å². The first-order chi connectivity index (χ1) is 14.2. The van der Waals surface area contributed by atoms with Gasteiger partial charge >= 0.3 is 0 Å². The lowest BCUT2D eigenvalue weighted by Gasteiger charge is -2.36. The Morgan fingerprint density at radius 1 is 0.793 bits per heavy atom. The maximum atomic E-state index is 13.5. The summed E-state index contributed by atoms with van der Waals surface area (Å²) in [4.78, 5) is 18.0. The summed E-state index contributed by atoms with van der Waals surface area (Å²) in [6, 6.07) is 28.7. The second-order valence-corrected chi connectivity index (χ2v) is 8.40. The Hall–Kier alpha value is -2.43. The second-order valence-electron chi connectivity index (χ2n) is 7.49. The van der Waals surface area contributed by atoms with Crippen LogP contribution in [0.2, 0.25) is 0 Å². The van der Waals surface area contributed by atoms with E-state index in [2.05, 4.69) is 63.3 Å². The van der Waals surface area contributed by atoms with Crippen molar-refractivity contribution in [2.75, 3.05) is 26.2 Å². The Bertz CT molecular complexity index is 898. The Morgan fingerprint density at radius 3 is 1.93 bits per heavy atom. The third-order valence-corrected chi connectivity index (χ3v) is 5.99. The van der Waals surface area contributed by atoms with Crippen LogP contribution in [0.5, 0.6) is 0 Å². The van der Waals surface area contributed by atoms with Gasteiger partial charge in [0.25, 0.3) is 0 Å². The molecule has 29 heavy (non-hydrogen) atoms. The van der Waals surface area contributed by atoms with Gasteiger partial charge in [0.2, 0.25) is 5.91 Å². The minimum Gasteiger partial charge on any atom is -0.339 e. The fraction of sp³-hybridized carbons (Fsp3) is 0.240. The van der Waals surface area contributed by atoms with E-state index in [1.165, 1.54) is 5.56 Å². The molecule has 0 aliphatic carbocycles. The smallest absolute Gasteiger partial charge is 0.234 e. The quantitative estimate of drug-likeness (QED) is 0.552. The molecular weight excluding hydrogens is 424 g/mol. The van der Waals surface area contributed by atoms with Crippen molar-refractivity contribution in [2.24, 2.45) is 0 Å². The Balaban J connectivity index is 1.45. The lowest BCUT2D eigenvalue weighted by Crippen LogP contribution is -2.49. The molecule has 1 aliphatic rings. The molecule has 1 aliphatic heterocycles. The topological polar surface area (TPSA) is 23.6 Å². The van der Waals surface area contributed by atoms with Crippen LogP contribution in [-0.4, -0.2) is 41.9 Å². The van der Waals surface area contributed by atoms with Gasteiger partial charge in [-0.2, -0.15) is 0 Å². The summed E-state index contributed by atoms with van der Waals surface area (Å²) in [5.41, 5.74) is 3.41. The zero-order valence-corrected chi connectivity index (χ0v) is 18.0. The molecule has 1 fully saturated rings. The largest absolute Gasteiger partial charge is 0.339 e. The molecule has 0 spiro atoms. The van der Waals surface area contributed by atoms with E-state index < -0.39 is 0 Å². The van der Waals surface area contributed by atoms with Gasteiger partial charge < -0.3 is 4.90 Å². The highest BCUT2D eigenvalue weighted by atomic mass is 79.9. The number of rotatable bonds is 5. The van der Waals surface area contributed by atoms with Gasteiger partial charge in [0.05, 0.1) is 5.92 Å². The van der Waals surface area contributed by atoms with Crippen molar-refractivity contribution in [3.8, 4) is 0 Å². The van der Waals surface area contributed by atoms with Crippen molar-refractivity contribution in [1.82, 2.24) is 9.80 Å². The average molecular weight is 449 g/mol. The number of piperazine rings is 1. The van der Waals surface area contributed by atoms with E-state index in [0.717, 1.165) is 48.3 Å². The van der Waals surface area contributed by atoms with Crippen LogP contribution in [0.4, 0.5) is 0 Å². The highest BCUT2D eigenvalue weighted by Crippen LogP contribution is 2.27. The summed E-state index contributed by atoms with van der Waals surface area (Å²) in [7, 11) is 0. The van der Waals surface area contributed by atoms with Crippen molar-refractivity contribution < 1.29 is 4.79 Å². The first kappa shape index (κ1) is 19.9. The van der Waals surface area contributed by atoms with Crippen LogP contribution in [0.1, 0.15) is 22.6 Å². The highest BCUT2D eigenvalue weighted by Gasteiger charge is 2.29. The number of carbonyl (C=O) groups excluding carboxylic acids is 1. The van der Waals surface area contributed by atoms with Crippen molar-refractivity contribution in [2.45, 2.75) is 12.5 Å². The fourth-order valence-electron chi connectivity index (χ4n) is 3.97. The number of nitrogens with zero attached hydrogens (tertiary/aromatic N) is 2. The summed E-state index contributed by atoms with van der Waals surface area (Å²) >= 11 is 3.54. The van der Waals surface area contributed by atoms with Crippen LogP contribution in [0.25, 0.3) is 0 Å². The Kier molecular flexibility index (Phi) is 6.43. The fourth-order valence-corrected chi connectivity index (χ4v) is 4.42. The van der Waals surface area contributed by atoms with Crippen molar-refractivity contribution >= 4 is 21.8 Å². The third kappa shape index (κ3) is 4.95. The molecule has 4 rings (SSSR count). The van der Waals surface area contributed by atoms with Gasteiger partial charge in [-0.25, -0.2) is 0 Å². The first-order valence-corrected chi connectivity index (χ1v) is 10.9. The first-order valence-electron chi connectivity index (χ1n) is 10.1. The van der Waals surface area contributed by atoms with Crippen molar-refractivity contribution in [1.29, 1.82) is 0 Å². The lowest BCUT2D eigenvalue weighted by molar-refractivity contribution is -0.133. The maximum absolute atomic E-state index is 13.5. The number of halogens is 1. The SMILES string of the molecule is O=C(C(c1ccccc1)c1ccccc1)N1CCN(Cc2cccc(Br)c2)CC1. The van der Waals surface area contributed by atoms with Crippen molar-refractivity contribution in [3.63, 3.8) is 0 Å². The van der Waals surface area contributed by atoms with Crippen molar-refractivity contribution in [3.05, 3.63) is 106 Å². The van der Waals surface area contributed by atoms with E-state index in [0.29, 0.717) is 0 Å². The van der Waals surface area contributed by atoms with Crippen LogP contribution >= 0.6 is 15.9 Å². The normalized spacial score (nSPS) is 14.9. The van der Waals surface area contributed by atoms with Gasteiger partial charge in [-0.1, -0.05) is 88.7 Å². The monoisotopic (exact) mass is 448 g/mol. The molecule has 1 saturated heterocycles. The van der Waals surface area contributed by atoms with Gasteiger partial charge in [0, 0.05) is 37.2 Å². The van der Waals surface area contributed by atoms with E-state index in [1.54, 1.807) is 0 Å². The Morgan fingerprint density at radius 2 is 1.38 bits per heavy atom. The molecule has 1 heterocycles. The van der Waals surface area contributed by atoms with E-state index in [4.69, 9.17) is 0 Å². The standard InChI is InChI=1S/C25H25BrN2O/c26-23-13-7-8-20(18-23)19-27-14-16-28(17-15-27)25(29)24(21-9-3-1-4-10-21)22-11-5-2-6-12-22/h1-13,18,24H,14-17,19H2. The molecule has 0 unspecified atom stereocenters. The molecule has 1 amide bonds. The molecule has 0 atom stereocenters. The predicted molar refractivity (Wildman–Crippen MR) is 121 cm³/mol. The summed E-state index contributed by atoms with van der Waals surface area (Å²) in [5, 5.41) is 0. The summed E-state index contributed by atoms with van der Waals surface area (Å²) < 4.78 is 1.11. The summed E-state index contributed by atoms with van der Waals surface area (Å²) in [6.45, 7) is 4.25. The van der Waals surface area contributed by atoms with E-state index in [9.17, 15) is 4.79 Å². The average Bonchev–Trinajstić information content (AvgIpc) is 2.76. The van der Waals surface area contributed by atoms with Gasteiger partial charge in [-0.15, -0.1) is 0 Å². The molecule has 0 N–H and O–H groups in total. The number of benzene rings is 3. The van der Waals surface area contributed by atoms with E-state index in [-0.39, 0.29) is 11.8 Å². The molecule has 0 bridgehead atoms. The van der Waals surface area contributed by atoms with Gasteiger partial charge in [-0.3, -0.25) is 9.69 Å². The molecule has 3 aromatic carbocycles. The summed E-state index contributed by atoms with van der Waals surface area (Å²) in [5.74, 6) is -0.0430. The molecule has 3 nitrogen and oxygen atoms in total. The minimum atomic E-state index is -0.242. The molecule has 148 valence electrons. The third-order valence-electron chi connectivity index (χ3n) is 5.49. The predicted octanol–water partition coefficient (Wildman–Crippen LogP) is 4.93. The van der Waals surface area contributed by atoms with Crippen LogP contribution in [0.3, 0.4) is 0 Å². The van der Waals surface area contributed by atoms with Gasteiger partial charge in [0.1, 0.15) is 0 Å². The maximum Gasteiger partial charge on any atom is 0.234 e. The molecule has 0 radical (unpaired) electrons. The number of hydrogen-bond acceptors (Lipinski definition) is 2. The van der Waals surface area contributed by atoms with Crippen LogP contribution < -0.4 is 0 Å². The van der Waals surface area contributed by atoms with Crippen LogP contribution in [-0.2, 0) is 11.3 Å². The zero-order valence-electron chi connectivity index (χ0n) is 16.4. The van der Waals surface area contributed by atoms with Gasteiger partial charge in [-0.05, 0) is 28.8 Å². The molecular formula is C25H25BrN2O. The minimum absolute atomic E-state index is 0.199. The molecule has 3 aromatic rings. The van der Waals surface area contributed by atoms with E-state index in [1.807, 2.05) is 47.4 Å². The zero-order chi connectivity index (χ0) is 20.1. The Labute approximate surface area is 181 Å². The second kappa shape index (κ2) is 9.38. The lowest BCUT2D eigenvalue weighted by atomic mass is 9.90. The summed E-state index contributed by atoms with van der Waals surface area (Å²) in [6.07, 6.45) is 0. The number of carbonyl (C=O) groups is 1. The van der Waals surface area contributed by atoms with Gasteiger partial charge in [0.15, 0.2) is 0 Å². The number of amides is 1. The number of hydrogen-bond donors (Lipinski definition) is 0. The highest BCUT2D eigenvalue weighted by molar-refractivity contribution is 9.10. The molecule has 0 aromatic heterocycles. The van der Waals surface area contributed by atoms with Crippen LogP contribution in [0, 0.1) is 0 Å². The van der Waals surface area contributed by atoms with Crippen LogP contribution in [0.15, 0.2) is 89.4 Å².